The van der Waals surface area contributed by atoms with Gasteiger partial charge in [-0.15, -0.1) is 0 Å². The molecule has 8 heteroatoms. The third kappa shape index (κ3) is 4.74. The van der Waals surface area contributed by atoms with Crippen molar-refractivity contribution in [2.24, 2.45) is 0 Å². The maximum atomic E-state index is 12.8. The Balaban J connectivity index is 1.30. The number of nitrogens with zero attached hydrogens (tertiary/aromatic N) is 3. The van der Waals surface area contributed by atoms with E-state index in [2.05, 4.69) is 0 Å². The Kier molecular flexibility index (Phi) is 6.44. The molecule has 4 amide bonds. The minimum Gasteiger partial charge on any atom is -0.484 e. The zero-order chi connectivity index (χ0) is 23.5. The number of imide groups is 1. The van der Waals surface area contributed by atoms with Crippen LogP contribution in [0.2, 0.25) is 0 Å². The van der Waals surface area contributed by atoms with Crippen molar-refractivity contribution in [1.82, 2.24) is 14.7 Å². The van der Waals surface area contributed by atoms with Crippen LogP contribution in [0.5, 0.6) is 5.75 Å². The van der Waals surface area contributed by atoms with Crippen LogP contribution in [0.3, 0.4) is 0 Å². The summed E-state index contributed by atoms with van der Waals surface area (Å²) in [5, 5.41) is 0. The van der Waals surface area contributed by atoms with E-state index in [-0.39, 0.29) is 25.0 Å². The quantitative estimate of drug-likeness (QED) is 0.652. The van der Waals surface area contributed by atoms with Gasteiger partial charge >= 0.3 is 0 Å². The molecule has 33 heavy (non-hydrogen) atoms. The molecule has 0 aromatic heterocycles. The maximum absolute atomic E-state index is 12.8. The second-order valence-electron chi connectivity index (χ2n) is 8.39. The largest absolute Gasteiger partial charge is 0.484 e. The van der Waals surface area contributed by atoms with Crippen LogP contribution in [0.4, 0.5) is 0 Å². The number of amides is 4. The summed E-state index contributed by atoms with van der Waals surface area (Å²) in [6.45, 7) is 5.35. The van der Waals surface area contributed by atoms with Crippen molar-refractivity contribution in [1.29, 1.82) is 0 Å². The summed E-state index contributed by atoms with van der Waals surface area (Å²) >= 11 is 0. The zero-order valence-corrected chi connectivity index (χ0v) is 18.9. The van der Waals surface area contributed by atoms with Crippen molar-refractivity contribution in [3.63, 3.8) is 0 Å². The molecule has 2 aromatic rings. The third-order valence-corrected chi connectivity index (χ3v) is 6.21. The molecule has 172 valence electrons. The summed E-state index contributed by atoms with van der Waals surface area (Å²) in [5.74, 6) is -0.676. The first-order valence-corrected chi connectivity index (χ1v) is 11.1. The Hall–Kier alpha value is -3.68. The number of hydrogen-bond donors (Lipinski definition) is 0. The smallest absolute Gasteiger partial charge is 0.262 e. The average Bonchev–Trinajstić information content (AvgIpc) is 2.98. The number of ether oxygens (including phenoxy) is 1. The molecule has 0 N–H and O–H groups in total. The Morgan fingerprint density at radius 2 is 1.42 bits per heavy atom. The lowest BCUT2D eigenvalue weighted by molar-refractivity contribution is -0.134. The standard InChI is InChI=1S/C25H27N3O5/c1-17-8-9-19(14-18(17)2)33-16-23(30)27-11-5-10-26(12-13-27)22(29)15-28-24(31)20-6-3-4-7-21(20)25(28)32/h3-4,6-9,14H,5,10-13,15-16H2,1-2H3. The molecule has 2 aromatic carbocycles. The molecule has 0 spiro atoms. The maximum Gasteiger partial charge on any atom is 0.262 e. The summed E-state index contributed by atoms with van der Waals surface area (Å²) in [7, 11) is 0. The lowest BCUT2D eigenvalue weighted by Gasteiger charge is -2.24. The molecule has 0 saturated carbocycles. The number of aryl methyl sites for hydroxylation is 2. The van der Waals surface area contributed by atoms with Gasteiger partial charge in [0.1, 0.15) is 12.3 Å². The Bertz CT molecular complexity index is 1080. The molecule has 0 atom stereocenters. The zero-order valence-electron chi connectivity index (χ0n) is 18.9. The van der Waals surface area contributed by atoms with Gasteiger partial charge in [0.2, 0.25) is 5.91 Å². The predicted molar refractivity (Wildman–Crippen MR) is 121 cm³/mol. The number of carbonyl (C=O) groups is 4. The topological polar surface area (TPSA) is 87.2 Å². The number of rotatable bonds is 5. The number of fused-ring (bicyclic) bond motifs is 1. The van der Waals surface area contributed by atoms with Gasteiger partial charge < -0.3 is 14.5 Å². The van der Waals surface area contributed by atoms with Gasteiger partial charge in [-0.1, -0.05) is 18.2 Å². The van der Waals surface area contributed by atoms with Gasteiger partial charge in [-0.2, -0.15) is 0 Å². The Morgan fingerprint density at radius 1 is 0.818 bits per heavy atom. The van der Waals surface area contributed by atoms with Gasteiger partial charge in [0.05, 0.1) is 11.1 Å². The van der Waals surface area contributed by atoms with E-state index in [1.165, 1.54) is 0 Å². The Morgan fingerprint density at radius 3 is 2.03 bits per heavy atom. The van der Waals surface area contributed by atoms with Crippen LogP contribution in [0.25, 0.3) is 0 Å². The molecule has 1 saturated heterocycles. The minimum absolute atomic E-state index is 0.0640. The van der Waals surface area contributed by atoms with Crippen molar-refractivity contribution in [2.45, 2.75) is 20.3 Å². The van der Waals surface area contributed by atoms with Gasteiger partial charge in [0.25, 0.3) is 17.7 Å². The summed E-state index contributed by atoms with van der Waals surface area (Å²) in [4.78, 5) is 54.9. The van der Waals surface area contributed by atoms with Crippen LogP contribution in [0.1, 0.15) is 38.3 Å². The van der Waals surface area contributed by atoms with Crippen molar-refractivity contribution in [3.05, 3.63) is 64.7 Å². The van der Waals surface area contributed by atoms with Crippen molar-refractivity contribution in [2.75, 3.05) is 39.3 Å². The normalized spacial score (nSPS) is 16.0. The molecular formula is C25H27N3O5. The average molecular weight is 450 g/mol. The molecule has 4 rings (SSSR count). The van der Waals surface area contributed by atoms with Crippen LogP contribution in [-0.2, 0) is 9.59 Å². The van der Waals surface area contributed by atoms with Gasteiger partial charge in [-0.25, -0.2) is 0 Å². The van der Waals surface area contributed by atoms with E-state index in [0.717, 1.165) is 16.0 Å². The fourth-order valence-electron chi connectivity index (χ4n) is 4.07. The minimum atomic E-state index is -0.445. The fourth-order valence-corrected chi connectivity index (χ4v) is 4.07. The van der Waals surface area contributed by atoms with Crippen LogP contribution in [-0.4, -0.2) is 77.7 Å². The molecule has 0 radical (unpaired) electrons. The monoisotopic (exact) mass is 449 g/mol. The second kappa shape index (κ2) is 9.44. The van der Waals surface area contributed by atoms with Crippen LogP contribution in [0.15, 0.2) is 42.5 Å². The van der Waals surface area contributed by atoms with Gasteiger partial charge in [0, 0.05) is 26.2 Å². The highest BCUT2D eigenvalue weighted by molar-refractivity contribution is 6.22. The first-order valence-electron chi connectivity index (χ1n) is 11.1. The van der Waals surface area contributed by atoms with E-state index in [0.29, 0.717) is 49.5 Å². The number of hydrogen-bond acceptors (Lipinski definition) is 5. The number of carbonyl (C=O) groups excluding carboxylic acids is 4. The SMILES string of the molecule is Cc1ccc(OCC(=O)N2CCCN(C(=O)CN3C(=O)c4ccccc4C3=O)CC2)cc1C. The van der Waals surface area contributed by atoms with E-state index < -0.39 is 11.8 Å². The van der Waals surface area contributed by atoms with E-state index in [9.17, 15) is 19.2 Å². The highest BCUT2D eigenvalue weighted by Crippen LogP contribution is 2.22. The summed E-state index contributed by atoms with van der Waals surface area (Å²) < 4.78 is 5.66. The van der Waals surface area contributed by atoms with Gasteiger partial charge in [-0.3, -0.25) is 24.1 Å². The van der Waals surface area contributed by atoms with Crippen molar-refractivity contribution in [3.8, 4) is 5.75 Å². The van der Waals surface area contributed by atoms with Gasteiger partial charge in [-0.05, 0) is 55.7 Å². The number of benzene rings is 2. The third-order valence-electron chi connectivity index (χ3n) is 6.21. The van der Waals surface area contributed by atoms with E-state index in [1.807, 2.05) is 32.0 Å². The predicted octanol–water partition coefficient (Wildman–Crippen LogP) is 2.04. The summed E-state index contributed by atoms with van der Waals surface area (Å²) in [6, 6.07) is 12.3. The summed E-state index contributed by atoms with van der Waals surface area (Å²) in [6.07, 6.45) is 0.614. The van der Waals surface area contributed by atoms with Crippen molar-refractivity contribution >= 4 is 23.6 Å². The molecule has 0 bridgehead atoms. The molecule has 0 unspecified atom stereocenters. The summed E-state index contributed by atoms with van der Waals surface area (Å²) in [5.41, 5.74) is 2.91. The molecule has 8 nitrogen and oxygen atoms in total. The van der Waals surface area contributed by atoms with Crippen LogP contribution >= 0.6 is 0 Å². The van der Waals surface area contributed by atoms with E-state index in [4.69, 9.17) is 4.74 Å². The highest BCUT2D eigenvalue weighted by Gasteiger charge is 2.37. The first kappa shape index (κ1) is 22.5. The molecule has 2 aliphatic heterocycles. The first-order chi connectivity index (χ1) is 15.8. The molecular weight excluding hydrogens is 422 g/mol. The lowest BCUT2D eigenvalue weighted by Crippen LogP contribution is -2.44. The fraction of sp³-hybridized carbons (Fsp3) is 0.360. The van der Waals surface area contributed by atoms with E-state index >= 15 is 0 Å². The lowest BCUT2D eigenvalue weighted by atomic mass is 10.1. The highest BCUT2D eigenvalue weighted by atomic mass is 16.5. The Labute approximate surface area is 192 Å². The van der Waals surface area contributed by atoms with Crippen LogP contribution in [0, 0.1) is 13.8 Å². The molecule has 1 fully saturated rings. The molecule has 2 heterocycles. The molecule has 2 aliphatic rings. The second-order valence-corrected chi connectivity index (χ2v) is 8.39. The van der Waals surface area contributed by atoms with Gasteiger partial charge in [0.15, 0.2) is 6.61 Å². The molecule has 0 aliphatic carbocycles. The van der Waals surface area contributed by atoms with Crippen LogP contribution < -0.4 is 4.74 Å². The van der Waals surface area contributed by atoms with E-state index in [1.54, 1.807) is 34.1 Å². The van der Waals surface area contributed by atoms with Crippen molar-refractivity contribution < 1.29 is 23.9 Å².